The van der Waals surface area contributed by atoms with Crippen LogP contribution in [-0.4, -0.2) is 69.6 Å². The van der Waals surface area contributed by atoms with Crippen LogP contribution in [0.2, 0.25) is 5.02 Å². The summed E-state index contributed by atoms with van der Waals surface area (Å²) in [5, 5.41) is 15.5. The number of halogens is 1. The summed E-state index contributed by atoms with van der Waals surface area (Å²) in [6.45, 7) is 14.4. The van der Waals surface area contributed by atoms with Crippen LogP contribution in [0.4, 0.5) is 11.4 Å². The molecule has 0 unspecified atom stereocenters. The molecule has 2 aliphatic rings. The highest BCUT2D eigenvalue weighted by Crippen LogP contribution is 2.48. The van der Waals surface area contributed by atoms with E-state index in [0.717, 1.165) is 42.3 Å². The molecular weight excluding hydrogens is 668 g/mol. The number of nitrogens with one attached hydrogen (secondary N) is 2. The van der Waals surface area contributed by atoms with Gasteiger partial charge in [0.25, 0.3) is 21.6 Å². The van der Waals surface area contributed by atoms with Gasteiger partial charge in [-0.25, -0.2) is 13.1 Å². The molecule has 5 rings (SSSR count). The quantitative estimate of drug-likeness (QED) is 0.121. The number of rotatable bonds is 12. The molecule has 0 aliphatic carbocycles. The number of amides is 1. The lowest BCUT2D eigenvalue weighted by molar-refractivity contribution is -0.384. The zero-order valence-corrected chi connectivity index (χ0v) is 29.5. The van der Waals surface area contributed by atoms with Gasteiger partial charge in [-0.05, 0) is 66.8 Å². The Bertz CT molecular complexity index is 1780. The Hall–Kier alpha value is -3.81. The molecule has 1 amide bonds. The van der Waals surface area contributed by atoms with Gasteiger partial charge in [0, 0.05) is 54.7 Å². The third kappa shape index (κ3) is 8.87. The summed E-state index contributed by atoms with van der Waals surface area (Å²) in [5.41, 5.74) is 2.83. The molecule has 0 radical (unpaired) electrons. The number of nitro groups is 1. The standard InChI is InChI=1S/C36H43ClN4O7S/c1-23(2)30-22-31(27-6-5-7-28(37)20-27)34(24(3)4)48-35(30)25-8-10-26(11-9-25)36(42)39-49(45,46)29-12-13-32(33(21-29)41(43)44)38-14-15-40-16-18-47-19-17-40/h5-13,20-21,24,30-31,34-35,38H,1,14-19,22H2,2-4H3,(H,39,42)/t30-,31-,34+,35-/m1/s1. The van der Waals surface area contributed by atoms with Crippen molar-refractivity contribution in [3.05, 3.63) is 111 Å². The second-order valence-electron chi connectivity index (χ2n) is 13.0. The zero-order valence-electron chi connectivity index (χ0n) is 27.9. The average Bonchev–Trinajstić information content (AvgIpc) is 3.08. The molecule has 11 nitrogen and oxygen atoms in total. The third-order valence-corrected chi connectivity index (χ3v) is 10.8. The lowest BCUT2D eigenvalue weighted by atomic mass is 9.73. The molecule has 3 aromatic rings. The summed E-state index contributed by atoms with van der Waals surface area (Å²) in [6, 6.07) is 18.0. The van der Waals surface area contributed by atoms with Crippen molar-refractivity contribution in [2.75, 3.05) is 44.7 Å². The molecule has 2 heterocycles. The molecule has 2 aliphatic heterocycles. The first-order chi connectivity index (χ1) is 23.3. The minimum Gasteiger partial charge on any atom is -0.379 e. The average molecular weight is 711 g/mol. The van der Waals surface area contributed by atoms with Crippen molar-refractivity contribution in [1.29, 1.82) is 0 Å². The van der Waals surface area contributed by atoms with Crippen molar-refractivity contribution in [1.82, 2.24) is 9.62 Å². The monoisotopic (exact) mass is 710 g/mol. The minimum atomic E-state index is -4.42. The molecule has 49 heavy (non-hydrogen) atoms. The summed E-state index contributed by atoms with van der Waals surface area (Å²) in [4.78, 5) is 26.1. The molecule has 0 spiro atoms. The van der Waals surface area contributed by atoms with Gasteiger partial charge in [-0.2, -0.15) is 0 Å². The van der Waals surface area contributed by atoms with Gasteiger partial charge in [0.15, 0.2) is 0 Å². The van der Waals surface area contributed by atoms with E-state index in [0.29, 0.717) is 31.3 Å². The Morgan fingerprint density at radius 3 is 2.43 bits per heavy atom. The van der Waals surface area contributed by atoms with E-state index >= 15 is 0 Å². The first-order valence-corrected chi connectivity index (χ1v) is 18.3. The maximum atomic E-state index is 13.2. The summed E-state index contributed by atoms with van der Waals surface area (Å²) in [6.07, 6.45) is 0.392. The Morgan fingerprint density at radius 1 is 1.08 bits per heavy atom. The SMILES string of the molecule is C=C(C)[C@H]1C[C@H](c2cccc(Cl)c2)[C@H](C(C)C)O[C@@H]1c1ccc(C(=O)NS(=O)(=O)c2ccc(NCCN3CCOCC3)c([N+](=O)[O-])c2)cc1. The maximum absolute atomic E-state index is 13.2. The lowest BCUT2D eigenvalue weighted by Crippen LogP contribution is -2.39. The molecule has 0 bridgehead atoms. The van der Waals surface area contributed by atoms with Gasteiger partial charge in [-0.1, -0.05) is 61.9 Å². The second-order valence-corrected chi connectivity index (χ2v) is 15.1. The minimum absolute atomic E-state index is 0.00773. The van der Waals surface area contributed by atoms with Crippen LogP contribution in [-0.2, 0) is 19.5 Å². The number of hydrogen-bond acceptors (Lipinski definition) is 9. The highest BCUT2D eigenvalue weighted by molar-refractivity contribution is 7.90. The fourth-order valence-electron chi connectivity index (χ4n) is 6.56. The topological polar surface area (TPSA) is 140 Å². The van der Waals surface area contributed by atoms with E-state index in [1.54, 1.807) is 24.3 Å². The first kappa shape index (κ1) is 36.5. The van der Waals surface area contributed by atoms with Gasteiger partial charge in [0.05, 0.1) is 35.2 Å². The zero-order chi connectivity index (χ0) is 35.3. The largest absolute Gasteiger partial charge is 0.379 e. The molecule has 0 aromatic heterocycles. The molecule has 3 aromatic carbocycles. The lowest BCUT2D eigenvalue weighted by Gasteiger charge is -2.44. The van der Waals surface area contributed by atoms with Crippen LogP contribution in [0.15, 0.2) is 83.8 Å². The van der Waals surface area contributed by atoms with E-state index in [1.165, 1.54) is 12.1 Å². The van der Waals surface area contributed by atoms with Crippen LogP contribution in [0, 0.1) is 22.0 Å². The van der Waals surface area contributed by atoms with Crippen LogP contribution in [0.3, 0.4) is 0 Å². The number of sulfonamides is 1. The van der Waals surface area contributed by atoms with Gasteiger partial charge in [0.2, 0.25) is 0 Å². The van der Waals surface area contributed by atoms with Crippen LogP contribution in [0.5, 0.6) is 0 Å². The molecule has 2 saturated heterocycles. The van der Waals surface area contributed by atoms with Crippen molar-refractivity contribution in [2.24, 2.45) is 11.8 Å². The summed E-state index contributed by atoms with van der Waals surface area (Å²) >= 11 is 6.33. The van der Waals surface area contributed by atoms with Gasteiger partial charge in [-0.15, -0.1) is 0 Å². The number of benzene rings is 3. The number of carbonyl (C=O) groups excluding carboxylic acids is 1. The highest BCUT2D eigenvalue weighted by Gasteiger charge is 2.41. The van der Waals surface area contributed by atoms with Crippen molar-refractivity contribution >= 4 is 38.9 Å². The molecule has 2 fully saturated rings. The van der Waals surface area contributed by atoms with Crippen LogP contribution in [0.1, 0.15) is 60.7 Å². The van der Waals surface area contributed by atoms with E-state index in [4.69, 9.17) is 21.1 Å². The summed E-state index contributed by atoms with van der Waals surface area (Å²) in [5.74, 6) is -0.540. The molecule has 4 atom stereocenters. The third-order valence-electron chi connectivity index (χ3n) is 9.19. The number of morpholine rings is 1. The van der Waals surface area contributed by atoms with Crippen molar-refractivity contribution in [3.63, 3.8) is 0 Å². The van der Waals surface area contributed by atoms with Crippen LogP contribution < -0.4 is 10.0 Å². The van der Waals surface area contributed by atoms with Crippen molar-refractivity contribution in [2.45, 2.75) is 50.2 Å². The molecule has 0 saturated carbocycles. The Kier molecular flexibility index (Phi) is 11.8. The van der Waals surface area contributed by atoms with Crippen LogP contribution in [0.25, 0.3) is 0 Å². The predicted molar refractivity (Wildman–Crippen MR) is 190 cm³/mol. The molecule has 13 heteroatoms. The van der Waals surface area contributed by atoms with E-state index in [1.807, 2.05) is 25.1 Å². The van der Waals surface area contributed by atoms with E-state index < -0.39 is 31.4 Å². The number of carbonyl (C=O) groups is 1. The summed E-state index contributed by atoms with van der Waals surface area (Å²) in [7, 11) is -4.42. The maximum Gasteiger partial charge on any atom is 0.293 e. The number of ether oxygens (including phenoxy) is 2. The Morgan fingerprint density at radius 2 is 1.80 bits per heavy atom. The van der Waals surface area contributed by atoms with Crippen molar-refractivity contribution < 1.29 is 27.6 Å². The normalized spacial score (nSPS) is 21.7. The molecule has 2 N–H and O–H groups in total. The van der Waals surface area contributed by atoms with E-state index in [-0.39, 0.29) is 41.2 Å². The van der Waals surface area contributed by atoms with Gasteiger partial charge < -0.3 is 14.8 Å². The smallest absolute Gasteiger partial charge is 0.293 e. The fourth-order valence-corrected chi connectivity index (χ4v) is 7.75. The fraction of sp³-hybridized carbons (Fsp3) is 0.417. The highest BCUT2D eigenvalue weighted by atomic mass is 35.5. The first-order valence-electron chi connectivity index (χ1n) is 16.4. The van der Waals surface area contributed by atoms with Crippen molar-refractivity contribution in [3.8, 4) is 0 Å². The van der Waals surface area contributed by atoms with Gasteiger partial charge in [0.1, 0.15) is 5.69 Å². The molecular formula is C36H43ClN4O7S. The number of anilines is 1. The Labute approximate surface area is 292 Å². The van der Waals surface area contributed by atoms with Gasteiger partial charge >= 0.3 is 0 Å². The molecule has 262 valence electrons. The second kappa shape index (κ2) is 15.8. The number of hydrogen-bond donors (Lipinski definition) is 2. The Balaban J connectivity index is 1.28. The van der Waals surface area contributed by atoms with Crippen LogP contribution >= 0.6 is 11.6 Å². The predicted octanol–water partition coefficient (Wildman–Crippen LogP) is 6.57. The van der Waals surface area contributed by atoms with E-state index in [9.17, 15) is 23.3 Å². The summed E-state index contributed by atoms with van der Waals surface area (Å²) < 4.78 is 40.6. The van der Waals surface area contributed by atoms with E-state index in [2.05, 4.69) is 41.4 Å². The number of nitro benzene ring substituents is 1. The van der Waals surface area contributed by atoms with Gasteiger partial charge in [-0.3, -0.25) is 19.8 Å². The number of nitrogens with zero attached hydrogens (tertiary/aromatic N) is 2.